The molecular weight excluding hydrogens is 1170 g/mol. The largest absolute Gasteiger partial charge is 0.309 e. The van der Waals surface area contributed by atoms with Crippen molar-refractivity contribution in [3.63, 3.8) is 0 Å². The van der Waals surface area contributed by atoms with E-state index in [-0.39, 0.29) is 0 Å². The molecule has 0 aliphatic rings. The topological polar surface area (TPSA) is 16.3 Å². The Balaban J connectivity index is 0.724. The molecule has 0 aliphatic carbocycles. The second-order valence-electron chi connectivity index (χ2n) is 23.6. The third kappa shape index (κ3) is 7.51. The number of rotatable bonds is 8. The van der Waals surface area contributed by atoms with Crippen molar-refractivity contribution in [2.45, 2.75) is 0 Å². The maximum absolute atomic E-state index is 2.50. The first-order valence-electron chi connectivity index (χ1n) is 30.4. The summed E-state index contributed by atoms with van der Waals surface area (Å²) in [5.74, 6) is 0. The van der Waals surface area contributed by atoms with Gasteiger partial charge in [0.1, 0.15) is 0 Å². The molecule has 0 fully saturated rings. The number of aromatic nitrogens is 2. The van der Waals surface area contributed by atoms with Crippen LogP contribution in [0.2, 0.25) is 0 Å². The Hall–Kier alpha value is -10.6. The summed E-state index contributed by atoms with van der Waals surface area (Å²) in [6.07, 6.45) is 0. The zero-order valence-electron chi connectivity index (χ0n) is 48.1. The zero-order valence-corrected chi connectivity index (χ0v) is 51.4. The number of para-hydroxylation sites is 4. The van der Waals surface area contributed by atoms with Crippen LogP contribution in [0, 0.1) is 0 Å². The molecule has 0 bridgehead atoms. The van der Waals surface area contributed by atoms with Gasteiger partial charge in [-0.05, 0) is 156 Å². The highest BCUT2D eigenvalue weighted by Gasteiger charge is 2.25. The number of hydrogen-bond donors (Lipinski definition) is 0. The first-order chi connectivity index (χ1) is 44.6. The Kier molecular flexibility index (Phi) is 10.9. The van der Waals surface area contributed by atoms with E-state index >= 15 is 0 Å². The quantitative estimate of drug-likeness (QED) is 0.151. The van der Waals surface area contributed by atoms with Crippen molar-refractivity contribution in [3.05, 3.63) is 291 Å². The highest BCUT2D eigenvalue weighted by molar-refractivity contribution is 7.27. The van der Waals surface area contributed by atoms with E-state index in [2.05, 4.69) is 310 Å². The smallest absolute Gasteiger partial charge is 0.0640 e. The first-order valence-corrected chi connectivity index (χ1v) is 33.7. The van der Waals surface area contributed by atoms with Gasteiger partial charge in [0.25, 0.3) is 0 Å². The second-order valence-corrected chi connectivity index (χ2v) is 27.8. The van der Waals surface area contributed by atoms with E-state index in [4.69, 9.17) is 0 Å². The van der Waals surface area contributed by atoms with E-state index in [1.165, 1.54) is 146 Å². The van der Waals surface area contributed by atoms with Crippen molar-refractivity contribution < 1.29 is 0 Å². The predicted molar refractivity (Wildman–Crippen MR) is 394 cm³/mol. The molecule has 6 aromatic heterocycles. The minimum absolute atomic E-state index is 1.13. The summed E-state index contributed by atoms with van der Waals surface area (Å²) in [5, 5.41) is 17.7. The monoisotopic (exact) mass is 1220 g/mol. The molecule has 4 nitrogen and oxygen atoms in total. The summed E-state index contributed by atoms with van der Waals surface area (Å²) in [6.45, 7) is 0. The van der Waals surface area contributed by atoms with E-state index < -0.39 is 0 Å². The predicted octanol–water partition coefficient (Wildman–Crippen LogP) is 25.4. The third-order valence-electron chi connectivity index (χ3n) is 18.6. The highest BCUT2D eigenvalue weighted by atomic mass is 32.1. The van der Waals surface area contributed by atoms with Crippen molar-refractivity contribution >= 4 is 215 Å². The van der Waals surface area contributed by atoms with E-state index in [0.29, 0.717) is 0 Å². The molecule has 0 saturated heterocycles. The number of nitrogens with zero attached hydrogens (tertiary/aromatic N) is 4. The lowest BCUT2D eigenvalue weighted by Crippen LogP contribution is -2.10. The molecule has 420 valence electrons. The molecule has 6 heterocycles. The number of thiophene rings is 4. The molecular formula is C82H48N4S4. The molecule has 0 aliphatic heterocycles. The Bertz CT molecular complexity index is 5990. The van der Waals surface area contributed by atoms with Crippen molar-refractivity contribution in [2.75, 3.05) is 9.80 Å². The van der Waals surface area contributed by atoms with Crippen LogP contribution in [0.4, 0.5) is 34.1 Å². The summed E-state index contributed by atoms with van der Waals surface area (Å²) < 4.78 is 15.1. The lowest BCUT2D eigenvalue weighted by atomic mass is 10.0. The molecule has 0 atom stereocenters. The van der Waals surface area contributed by atoms with Gasteiger partial charge in [-0.15, -0.1) is 45.3 Å². The molecule has 0 amide bonds. The highest BCUT2D eigenvalue weighted by Crippen LogP contribution is 2.51. The fourth-order valence-corrected chi connectivity index (χ4v) is 19.4. The lowest BCUT2D eigenvalue weighted by molar-refractivity contribution is 1.18. The van der Waals surface area contributed by atoms with Crippen LogP contribution in [0.1, 0.15) is 0 Å². The minimum Gasteiger partial charge on any atom is -0.309 e. The molecule has 90 heavy (non-hydrogen) atoms. The summed E-state index contributed by atoms with van der Waals surface area (Å²) in [5.41, 5.74) is 14.0. The molecule has 14 aromatic carbocycles. The van der Waals surface area contributed by atoms with Crippen LogP contribution in [0.15, 0.2) is 291 Å². The number of anilines is 6. The van der Waals surface area contributed by atoms with E-state index in [1.807, 2.05) is 45.3 Å². The van der Waals surface area contributed by atoms with Gasteiger partial charge in [-0.1, -0.05) is 146 Å². The Morgan fingerprint density at radius 3 is 1.03 bits per heavy atom. The van der Waals surface area contributed by atoms with Gasteiger partial charge in [-0.25, -0.2) is 0 Å². The maximum atomic E-state index is 2.50. The fourth-order valence-electron chi connectivity index (χ4n) is 14.6. The second kappa shape index (κ2) is 19.5. The SMILES string of the molecule is c1ccc(-n2c3ccccc3c3cc(N(c4ccc5c(c4)sc4cc6cc7c(cc6cc45)sc4cc(N(c5ccc6c(c5)c5ccccc5n6-c5ccccc5)c5cccc6c5sc5ccccc56)ccc47)c4cccc5c4sc4ccccc45)ccc32)cc1. The molecule has 0 spiro atoms. The maximum Gasteiger partial charge on any atom is 0.0640 e. The van der Waals surface area contributed by atoms with Crippen LogP contribution in [0.25, 0.3) is 146 Å². The van der Waals surface area contributed by atoms with Gasteiger partial charge in [-0.3, -0.25) is 0 Å². The number of benzene rings is 14. The van der Waals surface area contributed by atoms with Gasteiger partial charge >= 0.3 is 0 Å². The summed E-state index contributed by atoms with van der Waals surface area (Å²) in [6, 6.07) is 109. The molecule has 8 heteroatoms. The third-order valence-corrected chi connectivity index (χ3v) is 23.3. The van der Waals surface area contributed by atoms with Crippen molar-refractivity contribution in [1.82, 2.24) is 9.13 Å². The van der Waals surface area contributed by atoms with Crippen LogP contribution < -0.4 is 9.80 Å². The van der Waals surface area contributed by atoms with Crippen LogP contribution in [-0.4, -0.2) is 9.13 Å². The Morgan fingerprint density at radius 2 is 0.567 bits per heavy atom. The van der Waals surface area contributed by atoms with E-state index in [9.17, 15) is 0 Å². The summed E-state index contributed by atoms with van der Waals surface area (Å²) in [7, 11) is 0. The molecule has 0 unspecified atom stereocenters. The average Bonchev–Trinajstić information content (AvgIpc) is 1.93. The summed E-state index contributed by atoms with van der Waals surface area (Å²) in [4.78, 5) is 5.01. The molecule has 0 radical (unpaired) electrons. The Morgan fingerprint density at radius 1 is 0.211 bits per heavy atom. The fraction of sp³-hybridized carbons (Fsp3) is 0. The molecule has 0 saturated carbocycles. The van der Waals surface area contributed by atoms with Gasteiger partial charge in [0.2, 0.25) is 0 Å². The van der Waals surface area contributed by atoms with Gasteiger partial charge in [0, 0.05) is 127 Å². The van der Waals surface area contributed by atoms with Gasteiger partial charge in [0.05, 0.1) is 42.8 Å². The van der Waals surface area contributed by atoms with Crippen molar-refractivity contribution in [2.24, 2.45) is 0 Å². The van der Waals surface area contributed by atoms with Gasteiger partial charge in [-0.2, -0.15) is 0 Å². The molecule has 20 rings (SSSR count). The van der Waals surface area contributed by atoms with Crippen molar-refractivity contribution in [1.29, 1.82) is 0 Å². The molecule has 0 N–H and O–H groups in total. The van der Waals surface area contributed by atoms with Crippen LogP contribution >= 0.6 is 45.3 Å². The first kappa shape index (κ1) is 50.4. The Labute approximate surface area is 532 Å². The summed E-state index contributed by atoms with van der Waals surface area (Å²) >= 11 is 7.55. The van der Waals surface area contributed by atoms with E-state index in [1.54, 1.807) is 0 Å². The average molecular weight is 1220 g/mol. The van der Waals surface area contributed by atoms with Crippen LogP contribution in [0.5, 0.6) is 0 Å². The van der Waals surface area contributed by atoms with Crippen LogP contribution in [-0.2, 0) is 0 Å². The standard InChI is InChI=1S/C82H48N4S4/c1-3-17-51(18-4-1)85-69-27-11-7-21-57(69)65-45-53(35-39-71(65)85)83(73-29-15-25-63-59-23-9-13-31-75(59)89-81(63)73)55-33-37-61-67-41-49-44-78-68(42-50(49)43-77(67)87-79(61)47-55)62-38-34-56(48-80(62)88-78)84(74-30-16-26-64-60-24-10-14-32-76(60)90-82(64)74)54-36-40-72-66(46-54)58-22-8-12-28-70(58)86(72)52-19-5-2-6-20-52/h1-48H. The van der Waals surface area contributed by atoms with Gasteiger partial charge in [0.15, 0.2) is 0 Å². The lowest BCUT2D eigenvalue weighted by Gasteiger charge is -2.26. The van der Waals surface area contributed by atoms with Crippen LogP contribution in [0.3, 0.4) is 0 Å². The zero-order chi connectivity index (χ0) is 58.7. The van der Waals surface area contributed by atoms with Crippen molar-refractivity contribution in [3.8, 4) is 11.4 Å². The van der Waals surface area contributed by atoms with Gasteiger partial charge < -0.3 is 18.9 Å². The number of hydrogen-bond acceptors (Lipinski definition) is 6. The number of fused-ring (bicyclic) bond motifs is 19. The molecule has 20 aromatic rings. The van der Waals surface area contributed by atoms with E-state index in [0.717, 1.165) is 34.1 Å². The normalized spacial score (nSPS) is 12.2. The minimum atomic E-state index is 1.13.